The monoisotopic (exact) mass is 408 g/mol. The summed E-state index contributed by atoms with van der Waals surface area (Å²) in [7, 11) is 0. The molecule has 1 atom stereocenters. The van der Waals surface area contributed by atoms with Crippen LogP contribution in [0.5, 0.6) is 5.75 Å². The van der Waals surface area contributed by atoms with Gasteiger partial charge in [-0.1, -0.05) is 42.2 Å². The van der Waals surface area contributed by atoms with Crippen molar-refractivity contribution in [2.75, 3.05) is 6.79 Å². The summed E-state index contributed by atoms with van der Waals surface area (Å²) in [6, 6.07) is 23.2. The Bertz CT molecular complexity index is 1100. The fourth-order valence-corrected chi connectivity index (χ4v) is 4.61. The number of ether oxygens (including phenoxy) is 2. The van der Waals surface area contributed by atoms with Gasteiger partial charge in [0.2, 0.25) is 0 Å². The minimum atomic E-state index is 0.212. The van der Waals surface area contributed by atoms with Gasteiger partial charge in [0.05, 0.1) is 6.10 Å². The predicted octanol–water partition coefficient (Wildman–Crippen LogP) is 5.88. The summed E-state index contributed by atoms with van der Waals surface area (Å²) in [5.41, 5.74) is 8.01. The van der Waals surface area contributed by atoms with Crippen molar-refractivity contribution in [3.05, 3.63) is 100 Å². The summed E-state index contributed by atoms with van der Waals surface area (Å²) in [5, 5.41) is 0. The van der Waals surface area contributed by atoms with Gasteiger partial charge < -0.3 is 9.47 Å². The number of aryl methyl sites for hydroxylation is 3. The summed E-state index contributed by atoms with van der Waals surface area (Å²) >= 11 is 0. The third kappa shape index (κ3) is 5.01. The highest BCUT2D eigenvalue weighted by Gasteiger charge is 2.19. The van der Waals surface area contributed by atoms with Crippen molar-refractivity contribution >= 4 is 0 Å². The summed E-state index contributed by atoms with van der Waals surface area (Å²) in [5.74, 6) is 7.61. The molecule has 31 heavy (non-hydrogen) atoms. The second kappa shape index (κ2) is 9.41. The van der Waals surface area contributed by atoms with E-state index < -0.39 is 0 Å². The maximum atomic E-state index is 5.97. The van der Waals surface area contributed by atoms with Gasteiger partial charge in [-0.15, -0.1) is 0 Å². The van der Waals surface area contributed by atoms with E-state index >= 15 is 0 Å². The third-order valence-electron chi connectivity index (χ3n) is 6.36. The number of hydrogen-bond acceptors (Lipinski definition) is 2. The van der Waals surface area contributed by atoms with Gasteiger partial charge in [0, 0.05) is 11.1 Å². The minimum absolute atomic E-state index is 0.212. The molecule has 2 heteroatoms. The van der Waals surface area contributed by atoms with Crippen LogP contribution in [0.25, 0.3) is 0 Å². The van der Waals surface area contributed by atoms with Crippen LogP contribution in [0.15, 0.2) is 66.7 Å². The molecule has 0 N–H and O–H groups in total. The molecule has 0 aromatic heterocycles. The zero-order valence-electron chi connectivity index (χ0n) is 17.9. The average molecular weight is 409 g/mol. The van der Waals surface area contributed by atoms with Crippen LogP contribution in [0.1, 0.15) is 52.6 Å². The quantitative estimate of drug-likeness (QED) is 0.397. The van der Waals surface area contributed by atoms with Gasteiger partial charge in [-0.3, -0.25) is 0 Å². The van der Waals surface area contributed by atoms with Crippen LogP contribution in [0.4, 0.5) is 0 Å². The molecule has 0 radical (unpaired) electrons. The summed E-state index contributed by atoms with van der Waals surface area (Å²) < 4.78 is 11.7. The zero-order chi connectivity index (χ0) is 20.9. The number of benzene rings is 3. The van der Waals surface area contributed by atoms with Gasteiger partial charge >= 0.3 is 0 Å². The van der Waals surface area contributed by atoms with Crippen molar-refractivity contribution in [2.24, 2.45) is 0 Å². The van der Waals surface area contributed by atoms with Gasteiger partial charge in [0.25, 0.3) is 0 Å². The van der Waals surface area contributed by atoms with E-state index in [0.717, 1.165) is 36.1 Å². The van der Waals surface area contributed by atoms with Gasteiger partial charge in [-0.2, -0.15) is 0 Å². The maximum absolute atomic E-state index is 5.97. The van der Waals surface area contributed by atoms with E-state index in [9.17, 15) is 0 Å². The van der Waals surface area contributed by atoms with Gasteiger partial charge in [-0.25, -0.2) is 0 Å². The lowest BCUT2D eigenvalue weighted by molar-refractivity contribution is -0.0407. The highest BCUT2D eigenvalue weighted by molar-refractivity contribution is 5.48. The smallest absolute Gasteiger partial charge is 0.189 e. The summed E-state index contributed by atoms with van der Waals surface area (Å²) in [6.07, 6.45) is 8.24. The zero-order valence-corrected chi connectivity index (χ0v) is 17.9. The van der Waals surface area contributed by atoms with Crippen molar-refractivity contribution in [2.45, 2.75) is 51.0 Å². The van der Waals surface area contributed by atoms with Gasteiger partial charge in [0.15, 0.2) is 6.79 Å². The molecule has 0 saturated carbocycles. The van der Waals surface area contributed by atoms with E-state index in [1.54, 1.807) is 0 Å². The lowest BCUT2D eigenvalue weighted by Crippen LogP contribution is -2.24. The average Bonchev–Trinajstić information content (AvgIpc) is 2.83. The second-order valence-electron chi connectivity index (χ2n) is 8.53. The van der Waals surface area contributed by atoms with E-state index in [1.807, 2.05) is 30.3 Å². The fourth-order valence-electron chi connectivity index (χ4n) is 4.61. The van der Waals surface area contributed by atoms with Crippen LogP contribution in [-0.2, 0) is 30.4 Å². The molecule has 2 aliphatic carbocycles. The Balaban J connectivity index is 1.20. The van der Waals surface area contributed by atoms with Crippen LogP contribution < -0.4 is 4.74 Å². The first-order valence-corrected chi connectivity index (χ1v) is 11.4. The number of hydrogen-bond donors (Lipinski definition) is 0. The molecule has 156 valence electrons. The lowest BCUT2D eigenvalue weighted by Gasteiger charge is -2.25. The molecule has 3 aromatic carbocycles. The van der Waals surface area contributed by atoms with Crippen molar-refractivity contribution in [3.63, 3.8) is 0 Å². The number of rotatable bonds is 4. The Kier molecular flexibility index (Phi) is 6.05. The summed E-state index contributed by atoms with van der Waals surface area (Å²) in [4.78, 5) is 0. The Morgan fingerprint density at radius 1 is 0.710 bits per heavy atom. The molecule has 2 nitrogen and oxygen atoms in total. The minimum Gasteiger partial charge on any atom is -0.468 e. The first-order chi connectivity index (χ1) is 15.3. The van der Waals surface area contributed by atoms with E-state index in [1.165, 1.54) is 47.9 Å². The SMILES string of the molecule is C(#Cc1ccc2c(c1)CCC(OCOc1ccccc1)C2)c1ccc2c(c1)CCCC2. The molecular weight excluding hydrogens is 380 g/mol. The predicted molar refractivity (Wildman–Crippen MR) is 124 cm³/mol. The standard InChI is InChI=1S/C29H28O2/c1-2-8-28(9-3-1)30-21-31-29-17-16-26-19-23(13-15-27(26)20-29)11-10-22-12-14-24-6-4-5-7-25(24)18-22/h1-3,8-9,12-15,18-19,29H,4-7,16-17,20-21H2. The van der Waals surface area contributed by atoms with Crippen LogP contribution in [0.2, 0.25) is 0 Å². The molecule has 0 aliphatic heterocycles. The molecular formula is C29H28O2. The summed E-state index contributed by atoms with van der Waals surface area (Å²) in [6.45, 7) is 0.300. The van der Waals surface area contributed by atoms with Crippen LogP contribution in [-0.4, -0.2) is 12.9 Å². The molecule has 3 aromatic rings. The number of para-hydroxylation sites is 1. The Hall–Kier alpha value is -3.02. The first-order valence-electron chi connectivity index (χ1n) is 11.4. The Morgan fingerprint density at radius 3 is 2.16 bits per heavy atom. The van der Waals surface area contributed by atoms with Crippen LogP contribution in [0.3, 0.4) is 0 Å². The molecule has 2 aliphatic rings. The van der Waals surface area contributed by atoms with E-state index in [0.29, 0.717) is 6.79 Å². The van der Waals surface area contributed by atoms with E-state index in [2.05, 4.69) is 48.2 Å². The second-order valence-corrected chi connectivity index (χ2v) is 8.53. The lowest BCUT2D eigenvalue weighted by atomic mass is 9.88. The van der Waals surface area contributed by atoms with Gasteiger partial charge in [0.1, 0.15) is 5.75 Å². The molecule has 0 amide bonds. The molecule has 0 spiro atoms. The van der Waals surface area contributed by atoms with Gasteiger partial charge in [-0.05, 0) is 104 Å². The highest BCUT2D eigenvalue weighted by Crippen LogP contribution is 2.25. The molecule has 0 saturated heterocycles. The van der Waals surface area contributed by atoms with E-state index in [4.69, 9.17) is 9.47 Å². The molecule has 0 bridgehead atoms. The van der Waals surface area contributed by atoms with Crippen molar-refractivity contribution in [3.8, 4) is 17.6 Å². The van der Waals surface area contributed by atoms with Crippen LogP contribution >= 0.6 is 0 Å². The molecule has 1 unspecified atom stereocenters. The Morgan fingerprint density at radius 2 is 1.39 bits per heavy atom. The topological polar surface area (TPSA) is 18.5 Å². The number of fused-ring (bicyclic) bond motifs is 2. The van der Waals surface area contributed by atoms with Crippen molar-refractivity contribution in [1.82, 2.24) is 0 Å². The first kappa shape index (κ1) is 19.9. The third-order valence-corrected chi connectivity index (χ3v) is 6.36. The highest BCUT2D eigenvalue weighted by atomic mass is 16.7. The maximum Gasteiger partial charge on any atom is 0.189 e. The van der Waals surface area contributed by atoms with Crippen LogP contribution in [0, 0.1) is 11.8 Å². The van der Waals surface area contributed by atoms with E-state index in [-0.39, 0.29) is 6.10 Å². The Labute approximate surface area is 185 Å². The molecule has 0 heterocycles. The van der Waals surface area contributed by atoms with Crippen molar-refractivity contribution in [1.29, 1.82) is 0 Å². The fraction of sp³-hybridized carbons (Fsp3) is 0.310. The molecule has 5 rings (SSSR count). The van der Waals surface area contributed by atoms with Crippen molar-refractivity contribution < 1.29 is 9.47 Å². The largest absolute Gasteiger partial charge is 0.468 e. The normalized spacial score (nSPS) is 17.1. The molecule has 0 fully saturated rings.